The van der Waals surface area contributed by atoms with Crippen LogP contribution in [-0.2, 0) is 22.2 Å². The van der Waals surface area contributed by atoms with Gasteiger partial charge in [-0.15, -0.1) is 0 Å². The van der Waals surface area contributed by atoms with Crippen molar-refractivity contribution >= 4 is 16.0 Å². The van der Waals surface area contributed by atoms with E-state index in [9.17, 15) is 8.42 Å². The molecule has 0 unspecified atom stereocenters. The number of hydrogen-bond donors (Lipinski definition) is 0. The quantitative estimate of drug-likeness (QED) is 0.652. The van der Waals surface area contributed by atoms with E-state index in [1.54, 1.807) is 36.8 Å². The summed E-state index contributed by atoms with van der Waals surface area (Å²) in [7, 11) is -3.67. The SMILES string of the molecule is O=S(=O)(Cc1ccccn1)N(CCc1cccnc1)c1ncco1. The Morgan fingerprint density at radius 1 is 1.04 bits per heavy atom. The molecule has 3 aromatic heterocycles. The molecule has 0 fully saturated rings. The molecule has 3 rings (SSSR count). The third kappa shape index (κ3) is 3.96. The number of sulfonamides is 1. The second-order valence-electron chi connectivity index (χ2n) is 5.08. The third-order valence-corrected chi connectivity index (χ3v) is 5.02. The van der Waals surface area contributed by atoms with E-state index in [1.165, 1.54) is 16.8 Å². The summed E-state index contributed by atoms with van der Waals surface area (Å²) in [6.45, 7) is 0.210. The molecule has 3 aromatic rings. The summed E-state index contributed by atoms with van der Waals surface area (Å²) < 4.78 is 32.0. The summed E-state index contributed by atoms with van der Waals surface area (Å²) in [5.74, 6) is -0.219. The highest BCUT2D eigenvalue weighted by molar-refractivity contribution is 7.92. The molecular weight excluding hydrogens is 328 g/mol. The van der Waals surface area contributed by atoms with Gasteiger partial charge in [0.2, 0.25) is 10.0 Å². The molecule has 0 atom stereocenters. The lowest BCUT2D eigenvalue weighted by Gasteiger charge is -2.20. The largest absolute Gasteiger partial charge is 0.431 e. The van der Waals surface area contributed by atoms with E-state index in [4.69, 9.17) is 4.42 Å². The van der Waals surface area contributed by atoms with Gasteiger partial charge in [-0.1, -0.05) is 12.1 Å². The molecule has 8 heteroatoms. The van der Waals surface area contributed by atoms with Gasteiger partial charge in [0.15, 0.2) is 0 Å². The molecule has 3 heterocycles. The fourth-order valence-corrected chi connectivity index (χ4v) is 3.62. The van der Waals surface area contributed by atoms with Crippen LogP contribution in [0.5, 0.6) is 0 Å². The van der Waals surface area contributed by atoms with Crippen molar-refractivity contribution in [2.45, 2.75) is 12.2 Å². The Balaban J connectivity index is 1.82. The normalized spacial score (nSPS) is 11.3. The van der Waals surface area contributed by atoms with E-state index in [-0.39, 0.29) is 18.3 Å². The van der Waals surface area contributed by atoms with Gasteiger partial charge in [0.1, 0.15) is 12.0 Å². The molecular formula is C16H16N4O3S. The van der Waals surface area contributed by atoms with Gasteiger partial charge in [0.25, 0.3) is 0 Å². The van der Waals surface area contributed by atoms with Crippen LogP contribution in [0.1, 0.15) is 11.3 Å². The molecule has 0 spiro atoms. The molecule has 0 bridgehead atoms. The van der Waals surface area contributed by atoms with E-state index in [0.29, 0.717) is 12.1 Å². The number of nitrogens with zero attached hydrogens (tertiary/aromatic N) is 4. The highest BCUT2D eigenvalue weighted by Crippen LogP contribution is 2.19. The van der Waals surface area contributed by atoms with Crippen molar-refractivity contribution in [2.24, 2.45) is 0 Å². The maximum Gasteiger partial charge on any atom is 0.311 e. The molecule has 0 amide bonds. The van der Waals surface area contributed by atoms with Crippen molar-refractivity contribution in [3.63, 3.8) is 0 Å². The molecule has 0 aromatic carbocycles. The molecule has 0 aliphatic carbocycles. The molecule has 0 radical (unpaired) electrons. The highest BCUT2D eigenvalue weighted by Gasteiger charge is 2.26. The zero-order valence-electron chi connectivity index (χ0n) is 12.8. The average molecular weight is 344 g/mol. The summed E-state index contributed by atoms with van der Waals surface area (Å²) >= 11 is 0. The molecule has 24 heavy (non-hydrogen) atoms. The van der Waals surface area contributed by atoms with Crippen molar-refractivity contribution in [3.05, 3.63) is 72.6 Å². The highest BCUT2D eigenvalue weighted by atomic mass is 32.2. The summed E-state index contributed by atoms with van der Waals surface area (Å²) in [6.07, 6.45) is 8.21. The fraction of sp³-hybridized carbons (Fsp3) is 0.188. The average Bonchev–Trinajstić information content (AvgIpc) is 3.10. The van der Waals surface area contributed by atoms with Gasteiger partial charge < -0.3 is 4.42 Å². The minimum atomic E-state index is -3.67. The van der Waals surface area contributed by atoms with E-state index in [0.717, 1.165) is 5.56 Å². The van der Waals surface area contributed by atoms with E-state index >= 15 is 0 Å². The van der Waals surface area contributed by atoms with Crippen LogP contribution in [0.3, 0.4) is 0 Å². The van der Waals surface area contributed by atoms with Crippen molar-refractivity contribution in [2.75, 3.05) is 10.8 Å². The summed E-state index contributed by atoms with van der Waals surface area (Å²) in [5.41, 5.74) is 1.40. The number of rotatable bonds is 7. The van der Waals surface area contributed by atoms with Crippen LogP contribution in [0.4, 0.5) is 6.01 Å². The van der Waals surface area contributed by atoms with Crippen LogP contribution < -0.4 is 4.31 Å². The Bertz CT molecular complexity index is 853. The van der Waals surface area contributed by atoms with Gasteiger partial charge in [-0.05, 0) is 30.2 Å². The van der Waals surface area contributed by atoms with E-state index < -0.39 is 10.0 Å². The van der Waals surface area contributed by atoms with E-state index in [2.05, 4.69) is 15.0 Å². The lowest BCUT2D eigenvalue weighted by molar-refractivity contribution is 0.542. The topological polar surface area (TPSA) is 89.2 Å². The first-order valence-corrected chi connectivity index (χ1v) is 8.95. The first kappa shape index (κ1) is 16.1. The second kappa shape index (κ2) is 7.22. The van der Waals surface area contributed by atoms with Gasteiger partial charge in [0.05, 0.1) is 11.9 Å². The van der Waals surface area contributed by atoms with Gasteiger partial charge in [0, 0.05) is 25.1 Å². The maximum atomic E-state index is 12.8. The van der Waals surface area contributed by atoms with E-state index in [1.807, 2.05) is 12.1 Å². The van der Waals surface area contributed by atoms with Crippen molar-refractivity contribution in [1.29, 1.82) is 0 Å². The molecule has 0 saturated heterocycles. The van der Waals surface area contributed by atoms with Crippen LogP contribution in [0.2, 0.25) is 0 Å². The van der Waals surface area contributed by atoms with Crippen LogP contribution in [0.25, 0.3) is 0 Å². The first-order valence-electron chi connectivity index (χ1n) is 7.34. The Hall–Kier alpha value is -2.74. The molecule has 7 nitrogen and oxygen atoms in total. The van der Waals surface area contributed by atoms with Crippen molar-refractivity contribution < 1.29 is 12.8 Å². The predicted molar refractivity (Wildman–Crippen MR) is 88.7 cm³/mol. The van der Waals surface area contributed by atoms with Crippen molar-refractivity contribution in [3.8, 4) is 0 Å². The van der Waals surface area contributed by atoms with Gasteiger partial charge in [-0.3, -0.25) is 9.97 Å². The van der Waals surface area contributed by atoms with Gasteiger partial charge >= 0.3 is 6.01 Å². The third-order valence-electron chi connectivity index (χ3n) is 3.35. The van der Waals surface area contributed by atoms with Gasteiger partial charge in [-0.2, -0.15) is 0 Å². The van der Waals surface area contributed by atoms with Crippen LogP contribution in [-0.4, -0.2) is 29.9 Å². The fourth-order valence-electron chi connectivity index (χ4n) is 2.22. The number of anilines is 1. The summed E-state index contributed by atoms with van der Waals surface area (Å²) in [5, 5.41) is 0. The minimum Gasteiger partial charge on any atom is -0.431 e. The smallest absolute Gasteiger partial charge is 0.311 e. The van der Waals surface area contributed by atoms with Crippen LogP contribution >= 0.6 is 0 Å². The second-order valence-corrected chi connectivity index (χ2v) is 6.97. The standard InChI is InChI=1S/C16H16N4O3S/c21-24(22,13-15-5-1-2-8-18-15)20(16-19-9-11-23-16)10-6-14-4-3-7-17-12-14/h1-5,7-9,11-12H,6,10,13H2. The summed E-state index contributed by atoms with van der Waals surface area (Å²) in [4.78, 5) is 12.1. The Morgan fingerprint density at radius 2 is 1.96 bits per heavy atom. The lowest BCUT2D eigenvalue weighted by atomic mass is 10.2. The number of oxazole rings is 1. The minimum absolute atomic E-state index is 0.0508. The molecule has 124 valence electrons. The molecule has 0 aliphatic heterocycles. The zero-order valence-corrected chi connectivity index (χ0v) is 13.6. The first-order chi connectivity index (χ1) is 11.6. The Morgan fingerprint density at radius 3 is 2.62 bits per heavy atom. The molecule has 0 N–H and O–H groups in total. The molecule has 0 aliphatic rings. The Kier molecular flexibility index (Phi) is 4.85. The number of pyridine rings is 2. The van der Waals surface area contributed by atoms with Crippen LogP contribution in [0, 0.1) is 0 Å². The summed E-state index contributed by atoms with van der Waals surface area (Å²) in [6, 6.07) is 8.92. The maximum absolute atomic E-state index is 12.8. The van der Waals surface area contributed by atoms with Gasteiger partial charge in [-0.25, -0.2) is 17.7 Å². The van der Waals surface area contributed by atoms with Crippen LogP contribution in [0.15, 0.2) is 65.8 Å². The lowest BCUT2D eigenvalue weighted by Crippen LogP contribution is -2.34. The van der Waals surface area contributed by atoms with Crippen molar-refractivity contribution in [1.82, 2.24) is 15.0 Å². The Labute approximate surface area is 140 Å². The molecule has 0 saturated carbocycles. The predicted octanol–water partition coefficient (Wildman–Crippen LogP) is 2.04. The number of hydrogen-bond acceptors (Lipinski definition) is 6. The number of aromatic nitrogens is 3. The zero-order chi connectivity index (χ0) is 16.8. The monoisotopic (exact) mass is 344 g/mol.